The van der Waals surface area contributed by atoms with Gasteiger partial charge < -0.3 is 10.2 Å². The predicted octanol–water partition coefficient (Wildman–Crippen LogP) is 2.69. The van der Waals surface area contributed by atoms with E-state index < -0.39 is 0 Å². The first-order valence-corrected chi connectivity index (χ1v) is 7.30. The van der Waals surface area contributed by atoms with E-state index in [2.05, 4.69) is 54.4 Å². The zero-order chi connectivity index (χ0) is 12.8. The van der Waals surface area contributed by atoms with Crippen molar-refractivity contribution in [1.82, 2.24) is 10.2 Å². The molecule has 1 fully saturated rings. The zero-order valence-corrected chi connectivity index (χ0v) is 11.7. The van der Waals surface area contributed by atoms with Gasteiger partial charge in [0.05, 0.1) is 0 Å². The summed E-state index contributed by atoms with van der Waals surface area (Å²) < 4.78 is 0. The molecule has 0 amide bonds. The van der Waals surface area contributed by atoms with Crippen molar-refractivity contribution < 1.29 is 0 Å². The van der Waals surface area contributed by atoms with Gasteiger partial charge in [0.25, 0.3) is 0 Å². The highest BCUT2D eigenvalue weighted by Gasteiger charge is 2.19. The van der Waals surface area contributed by atoms with Gasteiger partial charge in [-0.1, -0.05) is 37.3 Å². The third kappa shape index (κ3) is 4.11. The minimum atomic E-state index is 0.575. The first kappa shape index (κ1) is 13.6. The number of hydrogen-bond donors (Lipinski definition) is 1. The van der Waals surface area contributed by atoms with Crippen LogP contribution in [0.1, 0.15) is 32.3 Å². The average molecular weight is 246 g/mol. The van der Waals surface area contributed by atoms with Crippen molar-refractivity contribution in [1.29, 1.82) is 0 Å². The first-order chi connectivity index (χ1) is 8.78. The molecule has 2 nitrogen and oxygen atoms in total. The van der Waals surface area contributed by atoms with Gasteiger partial charge in [0, 0.05) is 12.1 Å². The number of rotatable bonds is 5. The van der Waals surface area contributed by atoms with Crippen LogP contribution in [0.15, 0.2) is 30.3 Å². The van der Waals surface area contributed by atoms with Crippen LogP contribution in [-0.4, -0.2) is 36.6 Å². The fraction of sp³-hybridized carbons (Fsp3) is 0.625. The molecule has 100 valence electrons. The van der Waals surface area contributed by atoms with E-state index in [9.17, 15) is 0 Å². The van der Waals surface area contributed by atoms with E-state index in [4.69, 9.17) is 0 Å². The van der Waals surface area contributed by atoms with Crippen LogP contribution in [0.25, 0.3) is 0 Å². The lowest BCUT2D eigenvalue weighted by Gasteiger charge is -2.33. The lowest BCUT2D eigenvalue weighted by molar-refractivity contribution is 0.200. The monoisotopic (exact) mass is 246 g/mol. The summed E-state index contributed by atoms with van der Waals surface area (Å²) in [4.78, 5) is 2.54. The Hall–Kier alpha value is -0.860. The summed E-state index contributed by atoms with van der Waals surface area (Å²) in [5.74, 6) is 0. The number of hydrogen-bond acceptors (Lipinski definition) is 2. The van der Waals surface area contributed by atoms with Crippen LogP contribution in [0.3, 0.4) is 0 Å². The van der Waals surface area contributed by atoms with Gasteiger partial charge in [0.15, 0.2) is 0 Å². The van der Waals surface area contributed by atoms with Crippen molar-refractivity contribution in [3.05, 3.63) is 35.9 Å². The molecule has 0 bridgehead atoms. The molecule has 1 aromatic carbocycles. The second-order valence-electron chi connectivity index (χ2n) is 5.47. The third-order valence-corrected chi connectivity index (χ3v) is 3.94. The Labute approximate surface area is 111 Å². The third-order valence-electron chi connectivity index (χ3n) is 3.94. The fourth-order valence-electron chi connectivity index (χ4n) is 2.84. The molecule has 0 aliphatic carbocycles. The summed E-state index contributed by atoms with van der Waals surface area (Å²) in [7, 11) is 0. The van der Waals surface area contributed by atoms with E-state index in [1.165, 1.54) is 38.0 Å². The van der Waals surface area contributed by atoms with Gasteiger partial charge in [-0.3, -0.25) is 0 Å². The molecule has 1 heterocycles. The number of piperidine rings is 1. The van der Waals surface area contributed by atoms with E-state index >= 15 is 0 Å². The van der Waals surface area contributed by atoms with E-state index in [1.54, 1.807) is 0 Å². The SMILES string of the molecule is CCN1CCC(NC(C)Cc2ccccc2)CC1. The molecule has 1 N–H and O–H groups in total. The van der Waals surface area contributed by atoms with Crippen LogP contribution in [-0.2, 0) is 6.42 Å². The summed E-state index contributed by atoms with van der Waals surface area (Å²) >= 11 is 0. The van der Waals surface area contributed by atoms with Gasteiger partial charge in [-0.2, -0.15) is 0 Å². The van der Waals surface area contributed by atoms with Crippen LogP contribution in [0.2, 0.25) is 0 Å². The molecule has 1 aliphatic rings. The molecule has 2 heteroatoms. The van der Waals surface area contributed by atoms with E-state index in [0.29, 0.717) is 12.1 Å². The molecule has 1 unspecified atom stereocenters. The summed E-state index contributed by atoms with van der Waals surface area (Å²) in [6.07, 6.45) is 3.73. The van der Waals surface area contributed by atoms with Gasteiger partial charge in [-0.25, -0.2) is 0 Å². The van der Waals surface area contributed by atoms with Crippen molar-refractivity contribution in [2.45, 2.75) is 45.2 Å². The Bertz CT molecular complexity index is 328. The van der Waals surface area contributed by atoms with Crippen molar-refractivity contribution in [3.63, 3.8) is 0 Å². The Morgan fingerprint density at radius 1 is 1.22 bits per heavy atom. The van der Waals surface area contributed by atoms with Gasteiger partial charge in [-0.05, 0) is 51.4 Å². The number of likely N-dealkylation sites (tertiary alicyclic amines) is 1. The van der Waals surface area contributed by atoms with Crippen molar-refractivity contribution in [2.24, 2.45) is 0 Å². The number of nitrogens with one attached hydrogen (secondary N) is 1. The summed E-state index contributed by atoms with van der Waals surface area (Å²) in [6.45, 7) is 8.27. The van der Waals surface area contributed by atoms with Crippen LogP contribution in [0.5, 0.6) is 0 Å². The molecule has 1 aromatic rings. The van der Waals surface area contributed by atoms with Crippen LogP contribution in [0.4, 0.5) is 0 Å². The molecule has 18 heavy (non-hydrogen) atoms. The first-order valence-electron chi connectivity index (χ1n) is 7.30. The van der Waals surface area contributed by atoms with Crippen molar-refractivity contribution in [2.75, 3.05) is 19.6 Å². The maximum absolute atomic E-state index is 3.79. The highest BCUT2D eigenvalue weighted by molar-refractivity contribution is 5.15. The van der Waals surface area contributed by atoms with Gasteiger partial charge in [0.2, 0.25) is 0 Å². The number of benzene rings is 1. The normalized spacial score (nSPS) is 19.9. The van der Waals surface area contributed by atoms with Crippen LogP contribution < -0.4 is 5.32 Å². The van der Waals surface area contributed by atoms with Crippen molar-refractivity contribution in [3.8, 4) is 0 Å². The average Bonchev–Trinajstić information content (AvgIpc) is 2.40. The Balaban J connectivity index is 1.73. The second-order valence-corrected chi connectivity index (χ2v) is 5.47. The highest BCUT2D eigenvalue weighted by Crippen LogP contribution is 2.11. The maximum atomic E-state index is 3.79. The quantitative estimate of drug-likeness (QED) is 0.859. The smallest absolute Gasteiger partial charge is 0.00940 e. The molecule has 1 aliphatic heterocycles. The molecule has 0 saturated carbocycles. The highest BCUT2D eigenvalue weighted by atomic mass is 15.1. The summed E-state index contributed by atoms with van der Waals surface area (Å²) in [6, 6.07) is 12.1. The predicted molar refractivity (Wildman–Crippen MR) is 77.9 cm³/mol. The van der Waals surface area contributed by atoms with Crippen LogP contribution in [0, 0.1) is 0 Å². The van der Waals surface area contributed by atoms with Crippen LogP contribution >= 0.6 is 0 Å². The summed E-state index contributed by atoms with van der Waals surface area (Å²) in [5.41, 5.74) is 1.43. The summed E-state index contributed by atoms with van der Waals surface area (Å²) in [5, 5.41) is 3.79. The standard InChI is InChI=1S/C16H26N2/c1-3-18-11-9-16(10-12-18)17-14(2)13-15-7-5-4-6-8-15/h4-8,14,16-17H,3,9-13H2,1-2H3. The molecule has 2 rings (SSSR count). The zero-order valence-electron chi connectivity index (χ0n) is 11.7. The minimum Gasteiger partial charge on any atom is -0.311 e. The van der Waals surface area contributed by atoms with E-state index in [1.807, 2.05) is 0 Å². The van der Waals surface area contributed by atoms with E-state index in [-0.39, 0.29) is 0 Å². The Morgan fingerprint density at radius 3 is 2.50 bits per heavy atom. The minimum absolute atomic E-state index is 0.575. The van der Waals surface area contributed by atoms with E-state index in [0.717, 1.165) is 6.42 Å². The van der Waals surface area contributed by atoms with Crippen molar-refractivity contribution >= 4 is 0 Å². The lowest BCUT2D eigenvalue weighted by Crippen LogP contribution is -2.45. The van der Waals surface area contributed by atoms with Gasteiger partial charge in [-0.15, -0.1) is 0 Å². The molecular weight excluding hydrogens is 220 g/mol. The molecule has 1 saturated heterocycles. The Morgan fingerprint density at radius 2 is 1.89 bits per heavy atom. The molecule has 0 spiro atoms. The number of nitrogens with zero attached hydrogens (tertiary/aromatic N) is 1. The molecule has 0 radical (unpaired) electrons. The molecular formula is C16H26N2. The largest absolute Gasteiger partial charge is 0.311 e. The van der Waals surface area contributed by atoms with Gasteiger partial charge >= 0.3 is 0 Å². The Kier molecular flexibility index (Phi) is 5.21. The second kappa shape index (κ2) is 6.91. The lowest BCUT2D eigenvalue weighted by atomic mass is 10.0. The van der Waals surface area contributed by atoms with Gasteiger partial charge in [0.1, 0.15) is 0 Å². The molecule has 0 aromatic heterocycles. The maximum Gasteiger partial charge on any atom is 0.00940 e. The topological polar surface area (TPSA) is 15.3 Å². The fourth-order valence-corrected chi connectivity index (χ4v) is 2.84. The molecule has 1 atom stereocenters.